The third kappa shape index (κ3) is 6.97. The topological polar surface area (TPSA) is 100 Å². The Morgan fingerprint density at radius 2 is 2.00 bits per heavy atom. The predicted molar refractivity (Wildman–Crippen MR) is 114 cm³/mol. The number of nitrogens with zero attached hydrogens (tertiary/aromatic N) is 1. The van der Waals surface area contributed by atoms with E-state index in [0.717, 1.165) is 0 Å². The van der Waals surface area contributed by atoms with Gasteiger partial charge in [-0.25, -0.2) is 5.43 Å². The first-order chi connectivity index (χ1) is 13.9. The smallest absolute Gasteiger partial charge is 0.240 e. The maximum Gasteiger partial charge on any atom is 0.240 e. The number of carbonyl (C=O) groups excluding carboxylic acids is 2. The van der Waals surface area contributed by atoms with Crippen molar-refractivity contribution in [1.82, 2.24) is 5.43 Å². The van der Waals surface area contributed by atoms with Gasteiger partial charge in [0.05, 0.1) is 13.3 Å². The van der Waals surface area contributed by atoms with Gasteiger partial charge in [-0.15, -0.1) is 6.58 Å². The average Bonchev–Trinajstić information content (AvgIpc) is 2.69. The van der Waals surface area contributed by atoms with Gasteiger partial charge in [-0.05, 0) is 42.3 Å². The highest BCUT2D eigenvalue weighted by molar-refractivity contribution is 6.30. The largest absolute Gasteiger partial charge is 0.504 e. The number of hydrazone groups is 1. The maximum absolute atomic E-state index is 11.9. The first-order valence-electron chi connectivity index (χ1n) is 8.81. The summed E-state index contributed by atoms with van der Waals surface area (Å²) in [5.41, 5.74) is 4.20. The van der Waals surface area contributed by atoms with Gasteiger partial charge in [0.25, 0.3) is 0 Å². The predicted octanol–water partition coefficient (Wildman–Crippen LogP) is 3.65. The van der Waals surface area contributed by atoms with Crippen LogP contribution in [-0.4, -0.2) is 30.2 Å². The van der Waals surface area contributed by atoms with Crippen LogP contribution in [0.4, 0.5) is 5.69 Å². The van der Waals surface area contributed by atoms with Crippen molar-refractivity contribution in [3.63, 3.8) is 0 Å². The van der Waals surface area contributed by atoms with Crippen LogP contribution >= 0.6 is 11.6 Å². The SMILES string of the molecule is C=CCc1cc(/C=N/NC(=O)CCC(=O)Nc2cccc(Cl)c2)cc(OC)c1O. The Hall–Kier alpha value is -3.32. The van der Waals surface area contributed by atoms with Crippen molar-refractivity contribution < 1.29 is 19.4 Å². The molecule has 29 heavy (non-hydrogen) atoms. The normalized spacial score (nSPS) is 10.6. The fraction of sp³-hybridized carbons (Fsp3) is 0.190. The molecule has 0 heterocycles. The van der Waals surface area contributed by atoms with Crippen LogP contribution in [0.1, 0.15) is 24.0 Å². The number of amides is 2. The average molecular weight is 416 g/mol. The number of hydrogen-bond donors (Lipinski definition) is 3. The van der Waals surface area contributed by atoms with Gasteiger partial charge in [0, 0.05) is 29.1 Å². The molecule has 3 N–H and O–H groups in total. The number of carbonyl (C=O) groups is 2. The zero-order valence-corrected chi connectivity index (χ0v) is 16.7. The summed E-state index contributed by atoms with van der Waals surface area (Å²) in [6.07, 6.45) is 3.52. The van der Waals surface area contributed by atoms with Crippen molar-refractivity contribution in [1.29, 1.82) is 0 Å². The molecule has 0 aromatic heterocycles. The Morgan fingerprint density at radius 1 is 1.24 bits per heavy atom. The lowest BCUT2D eigenvalue weighted by atomic mass is 10.1. The summed E-state index contributed by atoms with van der Waals surface area (Å²) < 4.78 is 5.14. The molecular weight excluding hydrogens is 394 g/mol. The Balaban J connectivity index is 1.87. The fourth-order valence-electron chi connectivity index (χ4n) is 2.48. The third-order valence-corrected chi connectivity index (χ3v) is 4.09. The molecule has 0 atom stereocenters. The van der Waals surface area contributed by atoms with Crippen LogP contribution < -0.4 is 15.5 Å². The number of aromatic hydroxyl groups is 1. The molecule has 0 unspecified atom stereocenters. The maximum atomic E-state index is 11.9. The number of halogens is 1. The first kappa shape index (κ1) is 22.0. The van der Waals surface area contributed by atoms with E-state index in [4.69, 9.17) is 16.3 Å². The standard InChI is InChI=1S/C21H22ClN3O4/c1-3-5-15-10-14(11-18(29-2)21(15)28)13-23-25-20(27)9-8-19(26)24-17-7-4-6-16(22)12-17/h3-4,6-7,10-13,28H,1,5,8-9H2,2H3,(H,24,26)(H,25,27)/b23-13+. The third-order valence-electron chi connectivity index (χ3n) is 3.85. The van der Waals surface area contributed by atoms with E-state index < -0.39 is 5.91 Å². The van der Waals surface area contributed by atoms with Crippen LogP contribution in [0.2, 0.25) is 5.02 Å². The second-order valence-corrected chi connectivity index (χ2v) is 6.51. The molecule has 0 aliphatic carbocycles. The van der Waals surface area contributed by atoms with E-state index in [-0.39, 0.29) is 24.5 Å². The van der Waals surface area contributed by atoms with Crippen molar-refractivity contribution >= 4 is 35.3 Å². The molecule has 2 aromatic rings. The summed E-state index contributed by atoms with van der Waals surface area (Å²) in [6, 6.07) is 10.1. The van der Waals surface area contributed by atoms with Crippen LogP contribution in [0.3, 0.4) is 0 Å². The number of hydrogen-bond acceptors (Lipinski definition) is 5. The highest BCUT2D eigenvalue weighted by atomic mass is 35.5. The first-order valence-corrected chi connectivity index (χ1v) is 9.18. The van der Waals surface area contributed by atoms with E-state index in [9.17, 15) is 14.7 Å². The van der Waals surface area contributed by atoms with E-state index in [2.05, 4.69) is 22.4 Å². The molecule has 8 heteroatoms. The number of nitrogens with one attached hydrogen (secondary N) is 2. The quantitative estimate of drug-likeness (QED) is 0.330. The summed E-state index contributed by atoms with van der Waals surface area (Å²) in [5.74, 6) is -0.364. The minimum Gasteiger partial charge on any atom is -0.504 e. The number of ether oxygens (including phenoxy) is 1. The Bertz CT molecular complexity index is 928. The second-order valence-electron chi connectivity index (χ2n) is 6.08. The van der Waals surface area contributed by atoms with Gasteiger partial charge in [-0.3, -0.25) is 9.59 Å². The number of anilines is 1. The number of rotatable bonds is 9. The number of phenolic OH excluding ortho intramolecular Hbond substituents is 1. The summed E-state index contributed by atoms with van der Waals surface area (Å²) >= 11 is 5.86. The Kier molecular flexibility index (Phi) is 8.24. The monoisotopic (exact) mass is 415 g/mol. The summed E-state index contributed by atoms with van der Waals surface area (Å²) in [4.78, 5) is 23.8. The van der Waals surface area contributed by atoms with Crippen LogP contribution in [0.15, 0.2) is 54.2 Å². The fourth-order valence-corrected chi connectivity index (χ4v) is 2.67. The molecule has 0 aliphatic heterocycles. The lowest BCUT2D eigenvalue weighted by Gasteiger charge is -2.09. The molecule has 7 nitrogen and oxygen atoms in total. The van der Waals surface area contributed by atoms with Crippen LogP contribution in [0, 0.1) is 0 Å². The van der Waals surface area contributed by atoms with Crippen molar-refractivity contribution in [2.75, 3.05) is 12.4 Å². The number of phenols is 1. The van der Waals surface area contributed by atoms with Gasteiger partial charge in [0.1, 0.15) is 0 Å². The van der Waals surface area contributed by atoms with Crippen LogP contribution in [0.25, 0.3) is 0 Å². The van der Waals surface area contributed by atoms with Crippen molar-refractivity contribution in [3.05, 3.63) is 65.2 Å². The highest BCUT2D eigenvalue weighted by Crippen LogP contribution is 2.31. The molecule has 2 rings (SSSR count). The Labute approximate surface area is 174 Å². The zero-order valence-electron chi connectivity index (χ0n) is 15.9. The molecule has 0 radical (unpaired) electrons. The van der Waals surface area contributed by atoms with E-state index in [1.54, 1.807) is 42.5 Å². The van der Waals surface area contributed by atoms with Crippen molar-refractivity contribution in [2.45, 2.75) is 19.3 Å². The van der Waals surface area contributed by atoms with E-state index in [1.165, 1.54) is 13.3 Å². The van der Waals surface area contributed by atoms with Crippen molar-refractivity contribution in [3.8, 4) is 11.5 Å². The molecule has 0 bridgehead atoms. The molecule has 152 valence electrons. The Morgan fingerprint density at radius 3 is 2.69 bits per heavy atom. The molecule has 0 fully saturated rings. The summed E-state index contributed by atoms with van der Waals surface area (Å²) in [6.45, 7) is 3.65. The number of allylic oxidation sites excluding steroid dienone is 1. The van der Waals surface area contributed by atoms with Crippen LogP contribution in [-0.2, 0) is 16.0 Å². The zero-order chi connectivity index (χ0) is 21.2. The molecule has 0 saturated carbocycles. The summed E-state index contributed by atoms with van der Waals surface area (Å²) in [7, 11) is 1.45. The van der Waals surface area contributed by atoms with Gasteiger partial charge in [0.15, 0.2) is 11.5 Å². The summed E-state index contributed by atoms with van der Waals surface area (Å²) in [5, 5.41) is 17.1. The van der Waals surface area contributed by atoms with Crippen LogP contribution in [0.5, 0.6) is 11.5 Å². The molecule has 0 spiro atoms. The lowest BCUT2D eigenvalue weighted by Crippen LogP contribution is -2.20. The minimum atomic E-state index is -0.403. The van der Waals surface area contributed by atoms with Crippen molar-refractivity contribution in [2.24, 2.45) is 5.10 Å². The van der Waals surface area contributed by atoms with Gasteiger partial charge in [-0.2, -0.15) is 5.10 Å². The van der Waals surface area contributed by atoms with Gasteiger partial charge < -0.3 is 15.2 Å². The molecule has 0 saturated heterocycles. The molecule has 2 aromatic carbocycles. The number of benzene rings is 2. The molecule has 2 amide bonds. The van der Waals surface area contributed by atoms with E-state index in [1.807, 2.05) is 0 Å². The molecular formula is C21H22ClN3O4. The van der Waals surface area contributed by atoms with Gasteiger partial charge >= 0.3 is 0 Å². The number of methoxy groups -OCH3 is 1. The lowest BCUT2D eigenvalue weighted by molar-refractivity contribution is -0.124. The molecule has 0 aliphatic rings. The second kappa shape index (κ2) is 10.9. The van der Waals surface area contributed by atoms with E-state index >= 15 is 0 Å². The van der Waals surface area contributed by atoms with Gasteiger partial charge in [0.2, 0.25) is 11.8 Å². The highest BCUT2D eigenvalue weighted by Gasteiger charge is 2.10. The van der Waals surface area contributed by atoms with E-state index in [0.29, 0.717) is 34.0 Å². The van der Waals surface area contributed by atoms with Gasteiger partial charge in [-0.1, -0.05) is 23.7 Å². The minimum absolute atomic E-state index is 0.00435.